The van der Waals surface area contributed by atoms with Crippen LogP contribution in [0.2, 0.25) is 0 Å². The van der Waals surface area contributed by atoms with Crippen molar-refractivity contribution in [2.45, 2.75) is 0 Å². The molecule has 0 saturated carbocycles. The third-order valence-corrected chi connectivity index (χ3v) is 3.50. The Morgan fingerprint density at radius 1 is 0.885 bits per heavy atom. The van der Waals surface area contributed by atoms with Crippen LogP contribution >= 0.6 is 0 Å². The van der Waals surface area contributed by atoms with Crippen molar-refractivity contribution in [3.8, 4) is 11.5 Å². The van der Waals surface area contributed by atoms with Crippen molar-refractivity contribution in [3.05, 3.63) is 84.4 Å². The monoisotopic (exact) mass is 354 g/mol. The van der Waals surface area contributed by atoms with Gasteiger partial charge in [-0.25, -0.2) is 8.78 Å². The summed E-state index contributed by atoms with van der Waals surface area (Å²) in [5.74, 6) is -0.635. The molecule has 0 radical (unpaired) electrons. The second-order valence-electron chi connectivity index (χ2n) is 5.44. The van der Waals surface area contributed by atoms with Gasteiger partial charge < -0.3 is 15.4 Å². The molecule has 0 unspecified atom stereocenters. The number of nitrogens with one attached hydrogen (secondary N) is 2. The second kappa shape index (κ2) is 8.11. The van der Waals surface area contributed by atoms with Crippen molar-refractivity contribution in [2.24, 2.45) is 0 Å². The lowest BCUT2D eigenvalue weighted by Gasteiger charge is -2.13. The zero-order valence-corrected chi connectivity index (χ0v) is 13.7. The van der Waals surface area contributed by atoms with Gasteiger partial charge in [0.2, 0.25) is 5.91 Å². The highest BCUT2D eigenvalue weighted by atomic mass is 19.1. The van der Waals surface area contributed by atoms with Crippen LogP contribution in [0.25, 0.3) is 0 Å². The van der Waals surface area contributed by atoms with E-state index in [4.69, 9.17) is 4.74 Å². The minimum atomic E-state index is -0.701. The summed E-state index contributed by atoms with van der Waals surface area (Å²) < 4.78 is 32.5. The van der Waals surface area contributed by atoms with E-state index in [9.17, 15) is 13.6 Å². The summed E-state index contributed by atoms with van der Waals surface area (Å²) in [5.41, 5.74) is 0.400. The standard InChI is InChI=1S/C20H16F2N2O2/c21-14-10-11-16(22)18(12-14)24-20(25)13-23-17-8-4-5-9-19(17)26-15-6-2-1-3-7-15/h1-12,23H,13H2,(H,24,25). The number of halogens is 2. The van der Waals surface area contributed by atoms with E-state index in [0.717, 1.165) is 18.2 Å². The highest BCUT2D eigenvalue weighted by Gasteiger charge is 2.10. The summed E-state index contributed by atoms with van der Waals surface area (Å²) in [6.07, 6.45) is 0. The predicted molar refractivity (Wildman–Crippen MR) is 96.4 cm³/mol. The molecular formula is C20H16F2N2O2. The number of amides is 1. The Labute approximate surface area is 149 Å². The van der Waals surface area contributed by atoms with Crippen molar-refractivity contribution in [1.82, 2.24) is 0 Å². The SMILES string of the molecule is O=C(CNc1ccccc1Oc1ccccc1)Nc1cc(F)ccc1F. The van der Waals surface area contributed by atoms with Gasteiger partial charge in [-0.05, 0) is 36.4 Å². The molecule has 6 heteroatoms. The molecule has 0 spiro atoms. The molecule has 1 amide bonds. The number of carbonyl (C=O) groups excluding carboxylic acids is 1. The smallest absolute Gasteiger partial charge is 0.243 e. The van der Waals surface area contributed by atoms with Crippen LogP contribution in [0.1, 0.15) is 0 Å². The number of benzene rings is 3. The third kappa shape index (κ3) is 4.57. The van der Waals surface area contributed by atoms with Gasteiger partial charge in [0.25, 0.3) is 0 Å². The predicted octanol–water partition coefficient (Wildman–Crippen LogP) is 4.81. The molecule has 0 heterocycles. The second-order valence-corrected chi connectivity index (χ2v) is 5.44. The van der Waals surface area contributed by atoms with Crippen LogP contribution in [0.15, 0.2) is 72.8 Å². The first-order chi connectivity index (χ1) is 12.6. The summed E-state index contributed by atoms with van der Waals surface area (Å²) in [6.45, 7) is -0.134. The van der Waals surface area contributed by atoms with E-state index in [1.807, 2.05) is 36.4 Å². The molecule has 3 aromatic rings. The summed E-state index contributed by atoms with van der Waals surface area (Å²) >= 11 is 0. The maximum absolute atomic E-state index is 13.6. The lowest BCUT2D eigenvalue weighted by Crippen LogP contribution is -2.22. The zero-order valence-electron chi connectivity index (χ0n) is 13.7. The van der Waals surface area contributed by atoms with Gasteiger partial charge in [-0.1, -0.05) is 30.3 Å². The van der Waals surface area contributed by atoms with Crippen molar-refractivity contribution < 1.29 is 18.3 Å². The molecule has 0 aliphatic carbocycles. The largest absolute Gasteiger partial charge is 0.455 e. The molecule has 3 rings (SSSR count). The Bertz CT molecular complexity index is 901. The number of hydrogen-bond acceptors (Lipinski definition) is 3. The molecule has 26 heavy (non-hydrogen) atoms. The molecule has 0 fully saturated rings. The first-order valence-corrected chi connectivity index (χ1v) is 7.92. The van der Waals surface area contributed by atoms with Gasteiger partial charge >= 0.3 is 0 Å². The highest BCUT2D eigenvalue weighted by molar-refractivity contribution is 5.94. The zero-order chi connectivity index (χ0) is 18.4. The van der Waals surface area contributed by atoms with Gasteiger partial charge in [0.15, 0.2) is 5.75 Å². The van der Waals surface area contributed by atoms with Crippen LogP contribution in [0.3, 0.4) is 0 Å². The number of anilines is 2. The molecule has 2 N–H and O–H groups in total. The summed E-state index contributed by atoms with van der Waals surface area (Å²) in [4.78, 5) is 12.0. The van der Waals surface area contributed by atoms with E-state index in [1.165, 1.54) is 0 Å². The van der Waals surface area contributed by atoms with Crippen LogP contribution in [0, 0.1) is 11.6 Å². The molecule has 132 valence electrons. The van der Waals surface area contributed by atoms with E-state index in [1.54, 1.807) is 18.2 Å². The number of ether oxygens (including phenoxy) is 1. The number of hydrogen-bond donors (Lipinski definition) is 2. The molecule has 0 atom stereocenters. The Morgan fingerprint density at radius 2 is 1.62 bits per heavy atom. The van der Waals surface area contributed by atoms with Crippen molar-refractivity contribution in [2.75, 3.05) is 17.2 Å². The quantitative estimate of drug-likeness (QED) is 0.668. The number of para-hydroxylation sites is 3. The average molecular weight is 354 g/mol. The summed E-state index contributed by atoms with van der Waals surface area (Å²) in [6, 6.07) is 19.2. The Kier molecular flexibility index (Phi) is 5.43. The lowest BCUT2D eigenvalue weighted by atomic mass is 10.2. The molecule has 0 bridgehead atoms. The van der Waals surface area contributed by atoms with Gasteiger partial charge in [-0.15, -0.1) is 0 Å². The van der Waals surface area contributed by atoms with Crippen LogP contribution in [-0.2, 0) is 4.79 Å². The topological polar surface area (TPSA) is 50.4 Å². The summed E-state index contributed by atoms with van der Waals surface area (Å²) in [7, 11) is 0. The third-order valence-electron chi connectivity index (χ3n) is 3.50. The molecule has 0 aliphatic rings. The normalized spacial score (nSPS) is 10.2. The number of carbonyl (C=O) groups is 1. The van der Waals surface area contributed by atoms with Gasteiger partial charge in [-0.2, -0.15) is 0 Å². The lowest BCUT2D eigenvalue weighted by molar-refractivity contribution is -0.114. The Hall–Kier alpha value is -3.41. The maximum atomic E-state index is 13.6. The average Bonchev–Trinajstić information content (AvgIpc) is 2.65. The van der Waals surface area contributed by atoms with Gasteiger partial charge in [-0.3, -0.25) is 4.79 Å². The van der Waals surface area contributed by atoms with E-state index < -0.39 is 17.5 Å². The fourth-order valence-corrected chi connectivity index (χ4v) is 2.28. The van der Waals surface area contributed by atoms with Gasteiger partial charge in [0.05, 0.1) is 17.9 Å². The maximum Gasteiger partial charge on any atom is 0.243 e. The van der Waals surface area contributed by atoms with E-state index in [0.29, 0.717) is 17.2 Å². The minimum Gasteiger partial charge on any atom is -0.455 e. The van der Waals surface area contributed by atoms with Crippen molar-refractivity contribution in [3.63, 3.8) is 0 Å². The molecule has 3 aromatic carbocycles. The minimum absolute atomic E-state index is 0.134. The summed E-state index contributed by atoms with van der Waals surface area (Å²) in [5, 5.41) is 5.27. The van der Waals surface area contributed by atoms with E-state index >= 15 is 0 Å². The van der Waals surface area contributed by atoms with Crippen LogP contribution in [0.5, 0.6) is 11.5 Å². The van der Waals surface area contributed by atoms with Crippen molar-refractivity contribution >= 4 is 17.3 Å². The first kappa shape index (κ1) is 17.4. The molecule has 0 saturated heterocycles. The van der Waals surface area contributed by atoms with Gasteiger partial charge in [0.1, 0.15) is 17.4 Å². The van der Waals surface area contributed by atoms with E-state index in [-0.39, 0.29) is 12.2 Å². The molecule has 0 aliphatic heterocycles. The van der Waals surface area contributed by atoms with Crippen LogP contribution in [-0.4, -0.2) is 12.5 Å². The highest BCUT2D eigenvalue weighted by Crippen LogP contribution is 2.28. The molecular weight excluding hydrogens is 338 g/mol. The van der Waals surface area contributed by atoms with Gasteiger partial charge in [0, 0.05) is 6.07 Å². The molecule has 0 aromatic heterocycles. The van der Waals surface area contributed by atoms with Crippen molar-refractivity contribution in [1.29, 1.82) is 0 Å². The fourth-order valence-electron chi connectivity index (χ4n) is 2.28. The first-order valence-electron chi connectivity index (χ1n) is 7.92. The Balaban J connectivity index is 1.64. The fraction of sp³-hybridized carbons (Fsp3) is 0.0500. The number of rotatable bonds is 6. The van der Waals surface area contributed by atoms with E-state index in [2.05, 4.69) is 10.6 Å². The van der Waals surface area contributed by atoms with Crippen LogP contribution in [0.4, 0.5) is 20.2 Å². The Morgan fingerprint density at radius 3 is 2.42 bits per heavy atom. The van der Waals surface area contributed by atoms with Crippen LogP contribution < -0.4 is 15.4 Å². The molecule has 4 nitrogen and oxygen atoms in total.